The quantitative estimate of drug-likeness (QED) is 0.651. The molecular formula is C13H24N2O3. The Morgan fingerprint density at radius 3 is 2.33 bits per heavy atom. The third kappa shape index (κ3) is 4.94. The monoisotopic (exact) mass is 256 g/mol. The van der Waals surface area contributed by atoms with Gasteiger partial charge in [0.1, 0.15) is 0 Å². The predicted octanol–water partition coefficient (Wildman–Crippen LogP) is 1.97. The van der Waals surface area contributed by atoms with Gasteiger partial charge >= 0.3 is 12.0 Å². The second kappa shape index (κ2) is 6.61. The Morgan fingerprint density at radius 2 is 1.89 bits per heavy atom. The van der Waals surface area contributed by atoms with Crippen molar-refractivity contribution >= 4 is 12.0 Å². The van der Waals surface area contributed by atoms with E-state index in [0.29, 0.717) is 0 Å². The van der Waals surface area contributed by atoms with Crippen molar-refractivity contribution in [3.05, 3.63) is 0 Å². The van der Waals surface area contributed by atoms with E-state index in [1.54, 1.807) is 13.8 Å². The number of hydrogen-bond donors (Lipinski definition) is 3. The van der Waals surface area contributed by atoms with E-state index >= 15 is 0 Å². The smallest absolute Gasteiger partial charge is 0.315 e. The zero-order valence-corrected chi connectivity index (χ0v) is 11.4. The molecule has 0 aliphatic heterocycles. The minimum absolute atomic E-state index is 0.199. The maximum absolute atomic E-state index is 11.7. The van der Waals surface area contributed by atoms with Gasteiger partial charge in [0, 0.05) is 12.1 Å². The van der Waals surface area contributed by atoms with Crippen LogP contribution in [0.1, 0.15) is 46.5 Å². The minimum Gasteiger partial charge on any atom is -0.481 e. The molecule has 0 heterocycles. The van der Waals surface area contributed by atoms with E-state index < -0.39 is 11.9 Å². The number of amides is 2. The maximum atomic E-state index is 11.7. The van der Waals surface area contributed by atoms with Crippen LogP contribution in [0.2, 0.25) is 0 Å². The normalized spacial score (nSPS) is 19.7. The Hall–Kier alpha value is -1.26. The number of carbonyl (C=O) groups is 2. The van der Waals surface area contributed by atoms with E-state index in [4.69, 9.17) is 5.11 Å². The number of nitrogens with one attached hydrogen (secondary N) is 2. The van der Waals surface area contributed by atoms with Gasteiger partial charge in [0.15, 0.2) is 0 Å². The summed E-state index contributed by atoms with van der Waals surface area (Å²) in [6.45, 7) is 5.35. The fourth-order valence-electron chi connectivity index (χ4n) is 1.86. The van der Waals surface area contributed by atoms with Gasteiger partial charge in [-0.05, 0) is 32.6 Å². The first-order chi connectivity index (χ1) is 8.43. The van der Waals surface area contributed by atoms with Crippen molar-refractivity contribution in [1.82, 2.24) is 10.6 Å². The predicted molar refractivity (Wildman–Crippen MR) is 69.3 cm³/mol. The summed E-state index contributed by atoms with van der Waals surface area (Å²) in [6, 6.07) is -0.436. The molecule has 1 fully saturated rings. The van der Waals surface area contributed by atoms with Gasteiger partial charge in [0.05, 0.1) is 5.92 Å². The molecule has 0 aromatic rings. The lowest BCUT2D eigenvalue weighted by atomic mass is 10.0. The third-order valence-corrected chi connectivity index (χ3v) is 3.64. The van der Waals surface area contributed by atoms with Crippen LogP contribution in [-0.4, -0.2) is 29.2 Å². The van der Waals surface area contributed by atoms with Crippen LogP contribution in [0.15, 0.2) is 0 Å². The lowest BCUT2D eigenvalue weighted by Gasteiger charge is -2.21. The lowest BCUT2D eigenvalue weighted by molar-refractivity contribution is -0.141. The number of carboxylic acid groups (broad SMARTS) is 1. The average molecular weight is 256 g/mol. The van der Waals surface area contributed by atoms with Crippen molar-refractivity contribution in [2.45, 2.75) is 58.5 Å². The summed E-state index contributed by atoms with van der Waals surface area (Å²) in [4.78, 5) is 22.5. The van der Waals surface area contributed by atoms with Crippen LogP contribution in [0.4, 0.5) is 4.79 Å². The molecule has 3 N–H and O–H groups in total. The Kier molecular flexibility index (Phi) is 5.44. The number of rotatable bonds is 7. The van der Waals surface area contributed by atoms with Crippen LogP contribution < -0.4 is 10.6 Å². The van der Waals surface area contributed by atoms with Gasteiger partial charge in [0.2, 0.25) is 0 Å². The fraction of sp³-hybridized carbons (Fsp3) is 0.846. The summed E-state index contributed by atoms with van der Waals surface area (Å²) in [5, 5.41) is 14.5. The Bertz CT molecular complexity index is 303. The first kappa shape index (κ1) is 14.8. The summed E-state index contributed by atoms with van der Waals surface area (Å²) in [7, 11) is 0. The van der Waals surface area contributed by atoms with Crippen LogP contribution in [-0.2, 0) is 4.79 Å². The molecule has 3 atom stereocenters. The molecule has 5 nitrogen and oxygen atoms in total. The van der Waals surface area contributed by atoms with Crippen LogP contribution in [0.5, 0.6) is 0 Å². The SMILES string of the molecule is CCC(CC1CC1)NC(=O)NC(C)C(C)C(=O)O. The zero-order valence-electron chi connectivity index (χ0n) is 11.4. The fourth-order valence-corrected chi connectivity index (χ4v) is 1.86. The van der Waals surface area contributed by atoms with Gasteiger partial charge in [-0.3, -0.25) is 4.79 Å². The molecule has 1 saturated carbocycles. The molecule has 0 saturated heterocycles. The topological polar surface area (TPSA) is 78.4 Å². The zero-order chi connectivity index (χ0) is 13.7. The molecule has 1 aliphatic rings. The van der Waals surface area contributed by atoms with Crippen LogP contribution >= 0.6 is 0 Å². The molecule has 2 amide bonds. The number of carbonyl (C=O) groups excluding carboxylic acids is 1. The second-order valence-electron chi connectivity index (χ2n) is 5.32. The molecule has 0 radical (unpaired) electrons. The van der Waals surface area contributed by atoms with E-state index in [0.717, 1.165) is 18.8 Å². The first-order valence-corrected chi connectivity index (χ1v) is 6.73. The molecule has 5 heteroatoms. The molecule has 1 rings (SSSR count). The average Bonchev–Trinajstić information content (AvgIpc) is 3.10. The molecule has 3 unspecified atom stereocenters. The molecule has 1 aliphatic carbocycles. The van der Waals surface area contributed by atoms with Crippen LogP contribution in [0, 0.1) is 11.8 Å². The number of aliphatic carboxylic acids is 1. The Labute approximate surface area is 108 Å². The second-order valence-corrected chi connectivity index (χ2v) is 5.32. The van der Waals surface area contributed by atoms with Crippen molar-refractivity contribution in [2.75, 3.05) is 0 Å². The molecule has 0 aromatic carbocycles. The molecule has 0 aromatic heterocycles. The van der Waals surface area contributed by atoms with Crippen molar-refractivity contribution in [3.63, 3.8) is 0 Å². The van der Waals surface area contributed by atoms with Gasteiger partial charge in [-0.2, -0.15) is 0 Å². The summed E-state index contributed by atoms with van der Waals surface area (Å²) in [5.74, 6) is -0.710. The Balaban J connectivity index is 2.32. The highest BCUT2D eigenvalue weighted by atomic mass is 16.4. The highest BCUT2D eigenvalue weighted by molar-refractivity contribution is 5.76. The molecule has 104 valence electrons. The molecule has 0 spiro atoms. The Morgan fingerprint density at radius 1 is 1.28 bits per heavy atom. The number of hydrogen-bond acceptors (Lipinski definition) is 2. The molecular weight excluding hydrogens is 232 g/mol. The van der Waals surface area contributed by atoms with Gasteiger partial charge in [0.25, 0.3) is 0 Å². The summed E-state index contributed by atoms with van der Waals surface area (Å²) >= 11 is 0. The van der Waals surface area contributed by atoms with Gasteiger partial charge in [-0.25, -0.2) is 4.79 Å². The summed E-state index contributed by atoms with van der Waals surface area (Å²) < 4.78 is 0. The summed E-state index contributed by atoms with van der Waals surface area (Å²) in [5.41, 5.74) is 0. The van der Waals surface area contributed by atoms with E-state index in [9.17, 15) is 9.59 Å². The van der Waals surface area contributed by atoms with Crippen molar-refractivity contribution in [3.8, 4) is 0 Å². The van der Waals surface area contributed by atoms with Gasteiger partial charge in [-0.1, -0.05) is 19.8 Å². The van der Waals surface area contributed by atoms with Crippen molar-refractivity contribution < 1.29 is 14.7 Å². The lowest BCUT2D eigenvalue weighted by Crippen LogP contribution is -2.48. The molecule has 0 bridgehead atoms. The van der Waals surface area contributed by atoms with E-state index in [2.05, 4.69) is 17.6 Å². The van der Waals surface area contributed by atoms with E-state index in [1.165, 1.54) is 12.8 Å². The van der Waals surface area contributed by atoms with Crippen LogP contribution in [0.3, 0.4) is 0 Å². The van der Waals surface area contributed by atoms with E-state index in [1.807, 2.05) is 0 Å². The first-order valence-electron chi connectivity index (χ1n) is 6.73. The van der Waals surface area contributed by atoms with Gasteiger partial charge in [-0.15, -0.1) is 0 Å². The highest BCUT2D eigenvalue weighted by Crippen LogP contribution is 2.33. The largest absolute Gasteiger partial charge is 0.481 e. The minimum atomic E-state index is -0.896. The maximum Gasteiger partial charge on any atom is 0.315 e. The third-order valence-electron chi connectivity index (χ3n) is 3.64. The number of urea groups is 1. The number of carboxylic acids is 1. The molecule has 18 heavy (non-hydrogen) atoms. The van der Waals surface area contributed by atoms with Crippen molar-refractivity contribution in [1.29, 1.82) is 0 Å². The van der Waals surface area contributed by atoms with Crippen molar-refractivity contribution in [2.24, 2.45) is 11.8 Å². The summed E-state index contributed by atoms with van der Waals surface area (Å²) in [6.07, 6.45) is 4.48. The van der Waals surface area contributed by atoms with E-state index in [-0.39, 0.29) is 18.1 Å². The van der Waals surface area contributed by atoms with Crippen LogP contribution in [0.25, 0.3) is 0 Å². The highest BCUT2D eigenvalue weighted by Gasteiger charge is 2.26. The standard InChI is InChI=1S/C13H24N2O3/c1-4-11(7-10-5-6-10)15-13(18)14-9(3)8(2)12(16)17/h8-11H,4-7H2,1-3H3,(H,16,17)(H2,14,15,18). The van der Waals surface area contributed by atoms with Gasteiger partial charge < -0.3 is 15.7 Å².